The fraction of sp³-hybridized carbons (Fsp3) is 0.421. The maximum absolute atomic E-state index is 12.5. The summed E-state index contributed by atoms with van der Waals surface area (Å²) in [6.45, 7) is 4.45. The van der Waals surface area contributed by atoms with Crippen molar-refractivity contribution >= 4 is 17.1 Å². The topological polar surface area (TPSA) is 68.3 Å². The van der Waals surface area contributed by atoms with Gasteiger partial charge in [-0.05, 0) is 5.56 Å². The number of imidazole rings is 1. The Kier molecular flexibility index (Phi) is 4.35. The summed E-state index contributed by atoms with van der Waals surface area (Å²) in [6.07, 6.45) is 0. The fourth-order valence-corrected chi connectivity index (χ4v) is 3.74. The van der Waals surface area contributed by atoms with Gasteiger partial charge in [-0.15, -0.1) is 0 Å². The minimum Gasteiger partial charge on any atom is -0.340 e. The average Bonchev–Trinajstić information content (AvgIpc) is 3.03. The molecule has 8 nitrogen and oxygen atoms in total. The standard InChI is InChI=1S/C19H24N6O2/c1-21-15-16(22(2)19(27)23(3)17(15)26)20-18(21)25-11-9-24(10-12-25)13-14-7-5-4-6-8-14/h4-8H,9-13H2,1-3H3. The Bertz CT molecular complexity index is 1090. The molecule has 1 aliphatic rings. The highest BCUT2D eigenvalue weighted by Gasteiger charge is 2.24. The van der Waals surface area contributed by atoms with Gasteiger partial charge in [-0.3, -0.25) is 18.8 Å². The van der Waals surface area contributed by atoms with Gasteiger partial charge in [0.2, 0.25) is 5.95 Å². The van der Waals surface area contributed by atoms with Gasteiger partial charge in [-0.1, -0.05) is 30.3 Å². The second-order valence-electron chi connectivity index (χ2n) is 7.10. The molecule has 27 heavy (non-hydrogen) atoms. The number of rotatable bonds is 3. The van der Waals surface area contributed by atoms with Gasteiger partial charge in [0.1, 0.15) is 0 Å². The molecule has 0 aliphatic carbocycles. The van der Waals surface area contributed by atoms with E-state index in [2.05, 4.69) is 39.0 Å². The number of nitrogens with zero attached hydrogens (tertiary/aromatic N) is 6. The van der Waals surface area contributed by atoms with E-state index in [-0.39, 0.29) is 11.2 Å². The molecule has 0 radical (unpaired) electrons. The maximum Gasteiger partial charge on any atom is 0.332 e. The lowest BCUT2D eigenvalue weighted by atomic mass is 10.2. The Morgan fingerprint density at radius 1 is 0.889 bits per heavy atom. The minimum atomic E-state index is -0.357. The molecule has 8 heteroatoms. The predicted octanol–water partition coefficient (Wildman–Crippen LogP) is 0.293. The molecule has 4 rings (SSSR count). The quantitative estimate of drug-likeness (QED) is 0.665. The number of hydrogen-bond donors (Lipinski definition) is 0. The van der Waals surface area contributed by atoms with Crippen LogP contribution in [0.25, 0.3) is 11.2 Å². The van der Waals surface area contributed by atoms with Crippen molar-refractivity contribution < 1.29 is 0 Å². The van der Waals surface area contributed by atoms with E-state index in [1.54, 1.807) is 7.05 Å². The van der Waals surface area contributed by atoms with E-state index in [4.69, 9.17) is 0 Å². The summed E-state index contributed by atoms with van der Waals surface area (Å²) >= 11 is 0. The van der Waals surface area contributed by atoms with E-state index in [9.17, 15) is 9.59 Å². The van der Waals surface area contributed by atoms with Gasteiger partial charge in [0.15, 0.2) is 11.2 Å². The van der Waals surface area contributed by atoms with Crippen LogP contribution in [0.2, 0.25) is 0 Å². The second kappa shape index (κ2) is 6.70. The van der Waals surface area contributed by atoms with Crippen LogP contribution in [0, 0.1) is 0 Å². The smallest absolute Gasteiger partial charge is 0.332 e. The largest absolute Gasteiger partial charge is 0.340 e. The highest BCUT2D eigenvalue weighted by atomic mass is 16.2. The van der Waals surface area contributed by atoms with Crippen molar-refractivity contribution in [1.82, 2.24) is 23.6 Å². The van der Waals surface area contributed by atoms with Crippen molar-refractivity contribution in [3.63, 3.8) is 0 Å². The summed E-state index contributed by atoms with van der Waals surface area (Å²) in [5, 5.41) is 0. The molecule has 3 aromatic rings. The zero-order valence-corrected chi connectivity index (χ0v) is 15.9. The second-order valence-corrected chi connectivity index (χ2v) is 7.10. The highest BCUT2D eigenvalue weighted by molar-refractivity contribution is 5.74. The SMILES string of the molecule is Cn1c(=O)c2c(nc(N3CCN(Cc4ccccc4)CC3)n2C)n(C)c1=O. The molecule has 0 amide bonds. The Balaban J connectivity index is 1.59. The summed E-state index contributed by atoms with van der Waals surface area (Å²) in [5.41, 5.74) is 1.54. The Morgan fingerprint density at radius 2 is 1.56 bits per heavy atom. The number of anilines is 1. The lowest BCUT2D eigenvalue weighted by Gasteiger charge is -2.35. The number of piperazine rings is 1. The third-order valence-corrected chi connectivity index (χ3v) is 5.36. The van der Waals surface area contributed by atoms with E-state index in [1.165, 1.54) is 17.2 Å². The molecule has 0 saturated carbocycles. The average molecular weight is 368 g/mol. The molecular weight excluding hydrogens is 344 g/mol. The van der Waals surface area contributed by atoms with Gasteiger partial charge in [-0.2, -0.15) is 4.98 Å². The molecule has 0 atom stereocenters. The van der Waals surface area contributed by atoms with Crippen LogP contribution in [0.3, 0.4) is 0 Å². The summed E-state index contributed by atoms with van der Waals surface area (Å²) < 4.78 is 4.38. The van der Waals surface area contributed by atoms with Crippen molar-refractivity contribution in [3.8, 4) is 0 Å². The summed E-state index contributed by atoms with van der Waals surface area (Å²) in [7, 11) is 4.99. The zero-order chi connectivity index (χ0) is 19.1. The fourth-order valence-electron chi connectivity index (χ4n) is 3.74. The molecule has 2 aromatic heterocycles. The highest BCUT2D eigenvalue weighted by Crippen LogP contribution is 2.19. The first-order valence-electron chi connectivity index (χ1n) is 9.11. The summed E-state index contributed by atoms with van der Waals surface area (Å²) in [6, 6.07) is 10.5. The van der Waals surface area contributed by atoms with Crippen molar-refractivity contribution in [1.29, 1.82) is 0 Å². The molecule has 0 spiro atoms. The Hall–Kier alpha value is -2.87. The third-order valence-electron chi connectivity index (χ3n) is 5.36. The van der Waals surface area contributed by atoms with Gasteiger partial charge < -0.3 is 9.47 Å². The number of fused-ring (bicyclic) bond motifs is 1. The lowest BCUT2D eigenvalue weighted by molar-refractivity contribution is 0.248. The van der Waals surface area contributed by atoms with Crippen LogP contribution < -0.4 is 16.1 Å². The van der Waals surface area contributed by atoms with E-state index in [0.29, 0.717) is 11.2 Å². The van der Waals surface area contributed by atoms with E-state index < -0.39 is 0 Å². The monoisotopic (exact) mass is 368 g/mol. The molecule has 0 unspecified atom stereocenters. The predicted molar refractivity (Wildman–Crippen MR) is 105 cm³/mol. The van der Waals surface area contributed by atoms with E-state index >= 15 is 0 Å². The molecule has 142 valence electrons. The number of benzene rings is 1. The van der Waals surface area contributed by atoms with E-state index in [0.717, 1.165) is 43.2 Å². The van der Waals surface area contributed by atoms with Gasteiger partial charge in [-0.25, -0.2) is 4.79 Å². The van der Waals surface area contributed by atoms with Crippen molar-refractivity contribution in [3.05, 3.63) is 56.7 Å². The minimum absolute atomic E-state index is 0.308. The molecule has 0 bridgehead atoms. The van der Waals surface area contributed by atoms with Crippen LogP contribution in [0.15, 0.2) is 39.9 Å². The van der Waals surface area contributed by atoms with Crippen LogP contribution in [-0.2, 0) is 27.7 Å². The van der Waals surface area contributed by atoms with Gasteiger partial charge in [0, 0.05) is 53.9 Å². The van der Waals surface area contributed by atoms with E-state index in [1.807, 2.05) is 17.7 Å². The first kappa shape index (κ1) is 17.5. The Labute approximate surface area is 156 Å². The third kappa shape index (κ3) is 2.95. The maximum atomic E-state index is 12.5. The zero-order valence-electron chi connectivity index (χ0n) is 15.9. The van der Waals surface area contributed by atoms with Crippen LogP contribution in [0.1, 0.15) is 5.56 Å². The van der Waals surface area contributed by atoms with Gasteiger partial charge >= 0.3 is 5.69 Å². The summed E-state index contributed by atoms with van der Waals surface area (Å²) in [4.78, 5) is 33.9. The van der Waals surface area contributed by atoms with Crippen LogP contribution in [0.4, 0.5) is 5.95 Å². The lowest BCUT2D eigenvalue weighted by Crippen LogP contribution is -2.46. The number of aryl methyl sites for hydroxylation is 2. The molecule has 3 heterocycles. The van der Waals surface area contributed by atoms with Gasteiger partial charge in [0.05, 0.1) is 0 Å². The Morgan fingerprint density at radius 3 is 2.22 bits per heavy atom. The molecule has 0 N–H and O–H groups in total. The van der Waals surface area contributed by atoms with Crippen LogP contribution in [-0.4, -0.2) is 49.8 Å². The molecule has 1 aromatic carbocycles. The first-order chi connectivity index (χ1) is 13.0. The van der Waals surface area contributed by atoms with Gasteiger partial charge in [0.25, 0.3) is 5.56 Å². The van der Waals surface area contributed by atoms with Crippen LogP contribution in [0.5, 0.6) is 0 Å². The molecule has 1 aliphatic heterocycles. The summed E-state index contributed by atoms with van der Waals surface area (Å²) in [5.74, 6) is 0.739. The number of hydrogen-bond acceptors (Lipinski definition) is 5. The van der Waals surface area contributed by atoms with Crippen molar-refractivity contribution in [2.24, 2.45) is 21.1 Å². The van der Waals surface area contributed by atoms with Crippen molar-refractivity contribution in [2.45, 2.75) is 6.54 Å². The molecular formula is C19H24N6O2. The normalized spacial score (nSPS) is 15.6. The molecule has 1 saturated heterocycles. The number of aromatic nitrogens is 4. The first-order valence-corrected chi connectivity index (χ1v) is 9.11. The van der Waals surface area contributed by atoms with Crippen molar-refractivity contribution in [2.75, 3.05) is 31.1 Å². The van der Waals surface area contributed by atoms with Crippen LogP contribution >= 0.6 is 0 Å². The molecule has 1 fully saturated rings.